The van der Waals surface area contributed by atoms with Crippen molar-refractivity contribution in [1.82, 2.24) is 15.5 Å². The quantitative estimate of drug-likeness (QED) is 0.781. The summed E-state index contributed by atoms with van der Waals surface area (Å²) in [6.45, 7) is 2.47. The molecule has 1 atom stereocenters. The van der Waals surface area contributed by atoms with Crippen LogP contribution in [0.1, 0.15) is 38.5 Å². The molecule has 120 valence electrons. The highest BCUT2D eigenvalue weighted by Crippen LogP contribution is 2.13. The SMILES string of the molecule is COCC(=O)N1CCC(NC(=O)C2CCCCCN2)CC1. The average molecular weight is 297 g/mol. The Labute approximate surface area is 126 Å². The van der Waals surface area contributed by atoms with E-state index < -0.39 is 0 Å². The van der Waals surface area contributed by atoms with Gasteiger partial charge in [-0.25, -0.2) is 0 Å². The molecular formula is C15H27N3O3. The minimum atomic E-state index is -0.0411. The second-order valence-electron chi connectivity index (χ2n) is 5.95. The van der Waals surface area contributed by atoms with Gasteiger partial charge in [0.2, 0.25) is 11.8 Å². The van der Waals surface area contributed by atoms with Crippen molar-refractivity contribution in [3.8, 4) is 0 Å². The number of ether oxygens (including phenoxy) is 1. The van der Waals surface area contributed by atoms with Crippen LogP contribution in [0.4, 0.5) is 0 Å². The Bertz CT molecular complexity index is 346. The van der Waals surface area contributed by atoms with E-state index in [4.69, 9.17) is 4.74 Å². The number of rotatable bonds is 4. The van der Waals surface area contributed by atoms with Crippen LogP contribution in [0.5, 0.6) is 0 Å². The summed E-state index contributed by atoms with van der Waals surface area (Å²) in [4.78, 5) is 25.8. The average Bonchev–Trinajstić information content (AvgIpc) is 2.77. The third-order valence-electron chi connectivity index (χ3n) is 4.34. The van der Waals surface area contributed by atoms with Gasteiger partial charge in [0, 0.05) is 26.2 Å². The molecule has 21 heavy (non-hydrogen) atoms. The van der Waals surface area contributed by atoms with Crippen LogP contribution in [0.2, 0.25) is 0 Å². The highest BCUT2D eigenvalue weighted by molar-refractivity contribution is 5.82. The van der Waals surface area contributed by atoms with Gasteiger partial charge < -0.3 is 20.3 Å². The lowest BCUT2D eigenvalue weighted by molar-refractivity contribution is -0.136. The molecule has 6 heteroatoms. The molecule has 2 saturated heterocycles. The molecule has 2 fully saturated rings. The molecule has 0 saturated carbocycles. The van der Waals surface area contributed by atoms with Crippen LogP contribution in [0.25, 0.3) is 0 Å². The van der Waals surface area contributed by atoms with Crippen molar-refractivity contribution in [3.05, 3.63) is 0 Å². The zero-order chi connectivity index (χ0) is 15.1. The molecule has 2 heterocycles. The summed E-state index contributed by atoms with van der Waals surface area (Å²) >= 11 is 0. The van der Waals surface area contributed by atoms with Crippen molar-refractivity contribution in [2.45, 2.75) is 50.6 Å². The van der Waals surface area contributed by atoms with E-state index in [1.165, 1.54) is 13.5 Å². The Balaban J connectivity index is 1.72. The lowest BCUT2D eigenvalue weighted by atomic mass is 10.0. The summed E-state index contributed by atoms with van der Waals surface area (Å²) in [6, 6.07) is 0.148. The van der Waals surface area contributed by atoms with E-state index in [1.54, 1.807) is 0 Å². The summed E-state index contributed by atoms with van der Waals surface area (Å²) in [7, 11) is 1.53. The smallest absolute Gasteiger partial charge is 0.248 e. The van der Waals surface area contributed by atoms with Crippen LogP contribution in [0, 0.1) is 0 Å². The molecule has 6 nitrogen and oxygen atoms in total. The third-order valence-corrected chi connectivity index (χ3v) is 4.34. The van der Waals surface area contributed by atoms with E-state index in [0.29, 0.717) is 13.1 Å². The molecule has 0 radical (unpaired) electrons. The number of nitrogens with one attached hydrogen (secondary N) is 2. The zero-order valence-corrected chi connectivity index (χ0v) is 12.9. The van der Waals surface area contributed by atoms with Gasteiger partial charge in [0.05, 0.1) is 6.04 Å². The van der Waals surface area contributed by atoms with Crippen molar-refractivity contribution < 1.29 is 14.3 Å². The number of likely N-dealkylation sites (tertiary alicyclic amines) is 1. The largest absolute Gasteiger partial charge is 0.375 e. The van der Waals surface area contributed by atoms with Gasteiger partial charge in [-0.3, -0.25) is 9.59 Å². The standard InChI is InChI=1S/C15H27N3O3/c1-21-11-14(19)18-9-6-12(7-10-18)17-15(20)13-5-3-2-4-8-16-13/h12-13,16H,2-11H2,1H3,(H,17,20). The van der Waals surface area contributed by atoms with Crippen molar-refractivity contribution >= 4 is 11.8 Å². The topological polar surface area (TPSA) is 70.7 Å². The number of amides is 2. The van der Waals surface area contributed by atoms with Gasteiger partial charge in [0.15, 0.2) is 0 Å². The van der Waals surface area contributed by atoms with Crippen LogP contribution in [0.3, 0.4) is 0 Å². The first kappa shape index (κ1) is 16.2. The fraction of sp³-hybridized carbons (Fsp3) is 0.867. The molecule has 2 rings (SSSR count). The van der Waals surface area contributed by atoms with E-state index in [1.807, 2.05) is 4.90 Å². The molecule has 0 aromatic rings. The maximum absolute atomic E-state index is 12.3. The van der Waals surface area contributed by atoms with Gasteiger partial charge in [0.1, 0.15) is 6.61 Å². The number of carbonyl (C=O) groups is 2. The number of carbonyl (C=O) groups excluding carboxylic acids is 2. The van der Waals surface area contributed by atoms with Crippen LogP contribution in [0.15, 0.2) is 0 Å². The summed E-state index contributed by atoms with van der Waals surface area (Å²) in [5.41, 5.74) is 0. The minimum absolute atomic E-state index is 0.0349. The first-order valence-corrected chi connectivity index (χ1v) is 8.01. The molecule has 0 spiro atoms. The molecule has 2 N–H and O–H groups in total. The predicted molar refractivity (Wildman–Crippen MR) is 79.9 cm³/mol. The van der Waals surface area contributed by atoms with Gasteiger partial charge in [-0.15, -0.1) is 0 Å². The molecule has 2 amide bonds. The molecular weight excluding hydrogens is 270 g/mol. The van der Waals surface area contributed by atoms with Crippen molar-refractivity contribution in [2.75, 3.05) is 33.4 Å². The zero-order valence-electron chi connectivity index (χ0n) is 12.9. The van der Waals surface area contributed by atoms with Gasteiger partial charge in [-0.05, 0) is 32.2 Å². The number of methoxy groups -OCH3 is 1. The Morgan fingerprint density at radius 3 is 2.67 bits per heavy atom. The molecule has 2 aliphatic heterocycles. The summed E-state index contributed by atoms with van der Waals surface area (Å²) < 4.78 is 4.87. The fourth-order valence-electron chi connectivity index (χ4n) is 3.04. The lowest BCUT2D eigenvalue weighted by Gasteiger charge is -2.33. The third kappa shape index (κ3) is 4.97. The fourth-order valence-corrected chi connectivity index (χ4v) is 3.04. The molecule has 0 aromatic heterocycles. The maximum Gasteiger partial charge on any atom is 0.248 e. The Morgan fingerprint density at radius 2 is 1.95 bits per heavy atom. The molecule has 1 unspecified atom stereocenters. The first-order chi connectivity index (χ1) is 10.2. The van der Waals surface area contributed by atoms with Gasteiger partial charge in [0.25, 0.3) is 0 Å². The highest BCUT2D eigenvalue weighted by Gasteiger charge is 2.26. The second kappa shape index (κ2) is 8.34. The second-order valence-corrected chi connectivity index (χ2v) is 5.95. The number of hydrogen-bond donors (Lipinski definition) is 2. The van der Waals surface area contributed by atoms with Gasteiger partial charge >= 0.3 is 0 Å². The van der Waals surface area contributed by atoms with Crippen LogP contribution in [-0.2, 0) is 14.3 Å². The minimum Gasteiger partial charge on any atom is -0.375 e. The summed E-state index contributed by atoms with van der Waals surface area (Å²) in [6.07, 6.45) is 6.06. The summed E-state index contributed by atoms with van der Waals surface area (Å²) in [5, 5.41) is 6.46. The van der Waals surface area contributed by atoms with Gasteiger partial charge in [-0.1, -0.05) is 12.8 Å². The molecule has 0 aromatic carbocycles. The molecule has 0 aliphatic carbocycles. The molecule has 2 aliphatic rings. The number of nitrogens with zero attached hydrogens (tertiary/aromatic N) is 1. The highest BCUT2D eigenvalue weighted by atomic mass is 16.5. The van der Waals surface area contributed by atoms with E-state index >= 15 is 0 Å². The Hall–Kier alpha value is -1.14. The van der Waals surface area contributed by atoms with E-state index in [-0.39, 0.29) is 30.5 Å². The normalized spacial score (nSPS) is 24.4. The first-order valence-electron chi connectivity index (χ1n) is 8.01. The summed E-state index contributed by atoms with van der Waals surface area (Å²) in [5.74, 6) is 0.159. The number of piperidine rings is 1. The van der Waals surface area contributed by atoms with Gasteiger partial charge in [-0.2, -0.15) is 0 Å². The number of hydrogen-bond acceptors (Lipinski definition) is 4. The van der Waals surface area contributed by atoms with Crippen LogP contribution in [-0.4, -0.2) is 62.1 Å². The van der Waals surface area contributed by atoms with E-state index in [9.17, 15) is 9.59 Å². The molecule has 0 bridgehead atoms. The Morgan fingerprint density at radius 1 is 1.19 bits per heavy atom. The van der Waals surface area contributed by atoms with Crippen molar-refractivity contribution in [3.63, 3.8) is 0 Å². The predicted octanol–water partition coefficient (Wildman–Crippen LogP) is 0.272. The van der Waals surface area contributed by atoms with Crippen molar-refractivity contribution in [2.24, 2.45) is 0 Å². The van der Waals surface area contributed by atoms with Crippen molar-refractivity contribution in [1.29, 1.82) is 0 Å². The van der Waals surface area contributed by atoms with E-state index in [2.05, 4.69) is 10.6 Å². The van der Waals surface area contributed by atoms with Crippen LogP contribution < -0.4 is 10.6 Å². The monoisotopic (exact) mass is 297 g/mol. The van der Waals surface area contributed by atoms with E-state index in [0.717, 1.165) is 38.6 Å². The van der Waals surface area contributed by atoms with Crippen LogP contribution >= 0.6 is 0 Å². The Kier molecular flexibility index (Phi) is 6.45. The maximum atomic E-state index is 12.3. The lowest BCUT2D eigenvalue weighted by Crippen LogP contribution is -2.51.